The van der Waals surface area contributed by atoms with Gasteiger partial charge >= 0.3 is 5.69 Å². The van der Waals surface area contributed by atoms with Crippen LogP contribution in [0.4, 0.5) is 0 Å². The summed E-state index contributed by atoms with van der Waals surface area (Å²) in [5, 5.41) is 3.55. The van der Waals surface area contributed by atoms with E-state index < -0.39 is 11.2 Å². The quantitative estimate of drug-likeness (QED) is 0.733. The molecule has 1 heterocycles. The maximum absolute atomic E-state index is 13.1. The molecule has 0 aliphatic rings. The standard InChI is InChI=1S/C20H20ClN3O3/c1-3-9-22-18(25)12-23-17-8-7-13(2)10-16(17)19(26)24(20(23)27)15-6-4-5-14(21)11-15/h4-8,10-11H,3,9,12H2,1-2H3,(H,22,25). The number of aryl methyl sites for hydroxylation is 1. The molecule has 0 saturated carbocycles. The fraction of sp³-hybridized carbons (Fsp3) is 0.250. The Hall–Kier alpha value is -2.86. The molecule has 1 amide bonds. The van der Waals surface area contributed by atoms with Crippen LogP contribution in [0, 0.1) is 6.92 Å². The van der Waals surface area contributed by atoms with E-state index in [9.17, 15) is 14.4 Å². The molecule has 0 fully saturated rings. The van der Waals surface area contributed by atoms with Crippen LogP contribution >= 0.6 is 11.6 Å². The zero-order chi connectivity index (χ0) is 19.6. The van der Waals surface area contributed by atoms with Crippen molar-refractivity contribution in [2.75, 3.05) is 6.54 Å². The Morgan fingerprint density at radius 2 is 1.93 bits per heavy atom. The summed E-state index contributed by atoms with van der Waals surface area (Å²) >= 11 is 6.04. The van der Waals surface area contributed by atoms with Crippen LogP contribution in [-0.4, -0.2) is 21.6 Å². The summed E-state index contributed by atoms with van der Waals surface area (Å²) in [6, 6.07) is 11.7. The van der Waals surface area contributed by atoms with Crippen LogP contribution in [0.25, 0.3) is 16.6 Å². The Morgan fingerprint density at radius 1 is 1.15 bits per heavy atom. The van der Waals surface area contributed by atoms with E-state index in [0.717, 1.165) is 16.6 Å². The highest BCUT2D eigenvalue weighted by atomic mass is 35.5. The average molecular weight is 386 g/mol. The Balaban J connectivity index is 2.29. The molecule has 2 aromatic carbocycles. The third-order valence-corrected chi connectivity index (χ3v) is 4.47. The first-order valence-corrected chi connectivity index (χ1v) is 9.09. The molecule has 1 N–H and O–H groups in total. The van der Waals surface area contributed by atoms with Crippen molar-refractivity contribution in [3.8, 4) is 5.69 Å². The summed E-state index contributed by atoms with van der Waals surface area (Å²) in [5.41, 5.74) is 0.665. The molecule has 0 spiro atoms. The van der Waals surface area contributed by atoms with Crippen molar-refractivity contribution in [2.45, 2.75) is 26.8 Å². The molecule has 6 nitrogen and oxygen atoms in total. The second-order valence-corrected chi connectivity index (χ2v) is 6.80. The number of hydrogen-bond donors (Lipinski definition) is 1. The van der Waals surface area contributed by atoms with Crippen molar-refractivity contribution in [1.82, 2.24) is 14.5 Å². The van der Waals surface area contributed by atoms with Gasteiger partial charge in [-0.05, 0) is 43.7 Å². The third-order valence-electron chi connectivity index (χ3n) is 4.24. The van der Waals surface area contributed by atoms with Crippen molar-refractivity contribution in [3.05, 3.63) is 73.9 Å². The number of nitrogens with zero attached hydrogens (tertiary/aromatic N) is 2. The maximum Gasteiger partial charge on any atom is 0.336 e. The van der Waals surface area contributed by atoms with E-state index in [0.29, 0.717) is 28.2 Å². The van der Waals surface area contributed by atoms with Crippen molar-refractivity contribution in [1.29, 1.82) is 0 Å². The van der Waals surface area contributed by atoms with Gasteiger partial charge in [0.25, 0.3) is 5.56 Å². The van der Waals surface area contributed by atoms with E-state index in [1.54, 1.807) is 36.4 Å². The number of halogens is 1. The first-order valence-electron chi connectivity index (χ1n) is 8.71. The zero-order valence-electron chi connectivity index (χ0n) is 15.2. The van der Waals surface area contributed by atoms with Crippen molar-refractivity contribution in [3.63, 3.8) is 0 Å². The number of nitrogens with one attached hydrogen (secondary N) is 1. The summed E-state index contributed by atoms with van der Waals surface area (Å²) in [6.07, 6.45) is 0.794. The Labute approximate surface area is 161 Å². The highest BCUT2D eigenvalue weighted by Gasteiger charge is 2.16. The van der Waals surface area contributed by atoms with Gasteiger partial charge in [-0.25, -0.2) is 9.36 Å². The van der Waals surface area contributed by atoms with Gasteiger partial charge in [0, 0.05) is 11.6 Å². The number of benzene rings is 2. The number of aromatic nitrogens is 2. The molecule has 3 rings (SSSR count). The second kappa shape index (κ2) is 7.80. The van der Waals surface area contributed by atoms with E-state index in [4.69, 9.17) is 11.6 Å². The Morgan fingerprint density at radius 3 is 2.63 bits per heavy atom. The van der Waals surface area contributed by atoms with E-state index in [1.807, 2.05) is 19.9 Å². The lowest BCUT2D eigenvalue weighted by molar-refractivity contribution is -0.121. The van der Waals surface area contributed by atoms with Gasteiger partial charge < -0.3 is 5.32 Å². The van der Waals surface area contributed by atoms with Crippen LogP contribution in [-0.2, 0) is 11.3 Å². The number of hydrogen-bond acceptors (Lipinski definition) is 3. The normalized spacial score (nSPS) is 10.9. The molecule has 0 aliphatic heterocycles. The molecule has 0 atom stereocenters. The van der Waals surface area contributed by atoms with Gasteiger partial charge in [0.1, 0.15) is 6.54 Å². The van der Waals surface area contributed by atoms with Crippen LogP contribution in [0.5, 0.6) is 0 Å². The lowest BCUT2D eigenvalue weighted by atomic mass is 10.1. The number of rotatable bonds is 5. The van der Waals surface area contributed by atoms with Gasteiger partial charge in [0.2, 0.25) is 5.91 Å². The second-order valence-electron chi connectivity index (χ2n) is 6.36. The first-order chi connectivity index (χ1) is 12.9. The minimum absolute atomic E-state index is 0.167. The third kappa shape index (κ3) is 3.80. The van der Waals surface area contributed by atoms with Crippen LogP contribution < -0.4 is 16.6 Å². The molecule has 0 aliphatic carbocycles. The van der Waals surface area contributed by atoms with Crippen LogP contribution in [0.1, 0.15) is 18.9 Å². The largest absolute Gasteiger partial charge is 0.355 e. The molecular weight excluding hydrogens is 366 g/mol. The number of carbonyl (C=O) groups is 1. The first kappa shape index (κ1) is 18.9. The average Bonchev–Trinajstić information content (AvgIpc) is 2.64. The van der Waals surface area contributed by atoms with Crippen LogP contribution in [0.2, 0.25) is 5.02 Å². The molecule has 27 heavy (non-hydrogen) atoms. The SMILES string of the molecule is CCCNC(=O)Cn1c(=O)n(-c2cccc(Cl)c2)c(=O)c2cc(C)ccc21. The highest BCUT2D eigenvalue weighted by Crippen LogP contribution is 2.15. The summed E-state index contributed by atoms with van der Waals surface area (Å²) in [5.74, 6) is -0.280. The van der Waals surface area contributed by atoms with Gasteiger partial charge in [-0.1, -0.05) is 36.2 Å². The summed E-state index contributed by atoms with van der Waals surface area (Å²) in [6.45, 7) is 4.17. The van der Waals surface area contributed by atoms with Crippen molar-refractivity contribution < 1.29 is 4.79 Å². The van der Waals surface area contributed by atoms with Crippen LogP contribution in [0.15, 0.2) is 52.1 Å². The number of carbonyl (C=O) groups excluding carboxylic acids is 1. The fourth-order valence-electron chi connectivity index (χ4n) is 2.95. The Kier molecular flexibility index (Phi) is 5.46. The molecule has 0 unspecified atom stereocenters. The summed E-state index contributed by atoms with van der Waals surface area (Å²) in [7, 11) is 0. The molecule has 0 radical (unpaired) electrons. The van der Waals surface area contributed by atoms with E-state index >= 15 is 0 Å². The highest BCUT2D eigenvalue weighted by molar-refractivity contribution is 6.30. The number of fused-ring (bicyclic) bond motifs is 1. The van der Waals surface area contributed by atoms with Gasteiger partial charge in [-0.3, -0.25) is 14.2 Å². The minimum atomic E-state index is -0.578. The predicted molar refractivity (Wildman–Crippen MR) is 107 cm³/mol. The van der Waals surface area contributed by atoms with Gasteiger partial charge in [-0.2, -0.15) is 0 Å². The molecule has 0 saturated heterocycles. The van der Waals surface area contributed by atoms with E-state index in [-0.39, 0.29) is 12.5 Å². The predicted octanol–water partition coefficient (Wildman–Crippen LogP) is 2.64. The topological polar surface area (TPSA) is 73.1 Å². The summed E-state index contributed by atoms with van der Waals surface area (Å²) < 4.78 is 2.38. The number of amides is 1. The van der Waals surface area contributed by atoms with E-state index in [2.05, 4.69) is 5.32 Å². The molecule has 3 aromatic rings. The van der Waals surface area contributed by atoms with E-state index in [1.165, 1.54) is 4.57 Å². The maximum atomic E-state index is 13.1. The fourth-order valence-corrected chi connectivity index (χ4v) is 3.13. The van der Waals surface area contributed by atoms with Gasteiger partial charge in [0.05, 0.1) is 16.6 Å². The monoisotopic (exact) mass is 385 g/mol. The lowest BCUT2D eigenvalue weighted by Crippen LogP contribution is -2.42. The smallest absolute Gasteiger partial charge is 0.336 e. The minimum Gasteiger partial charge on any atom is -0.355 e. The Bertz CT molecular complexity index is 1130. The molecule has 1 aromatic heterocycles. The molecular formula is C20H20ClN3O3. The van der Waals surface area contributed by atoms with Crippen molar-refractivity contribution in [2.24, 2.45) is 0 Å². The van der Waals surface area contributed by atoms with Gasteiger partial charge in [0.15, 0.2) is 0 Å². The van der Waals surface area contributed by atoms with Crippen LogP contribution in [0.3, 0.4) is 0 Å². The molecule has 0 bridgehead atoms. The van der Waals surface area contributed by atoms with Crippen molar-refractivity contribution >= 4 is 28.4 Å². The zero-order valence-corrected chi connectivity index (χ0v) is 15.9. The summed E-state index contributed by atoms with van der Waals surface area (Å²) in [4.78, 5) is 38.4. The van der Waals surface area contributed by atoms with Gasteiger partial charge in [-0.15, -0.1) is 0 Å². The molecule has 140 valence electrons. The lowest BCUT2D eigenvalue weighted by Gasteiger charge is -2.14. The molecule has 7 heteroatoms.